The molecule has 3 heteroatoms. The Morgan fingerprint density at radius 2 is 1.80 bits per heavy atom. The normalized spacial score (nSPS) is 24.4. The lowest BCUT2D eigenvalue weighted by atomic mass is 9.68. The highest BCUT2D eigenvalue weighted by atomic mass is 35.5. The second kappa shape index (κ2) is 8.88. The van der Waals surface area contributed by atoms with Crippen LogP contribution < -0.4 is 5.32 Å². The van der Waals surface area contributed by atoms with E-state index in [0.29, 0.717) is 11.5 Å². The van der Waals surface area contributed by atoms with Crippen LogP contribution in [0.3, 0.4) is 0 Å². The molecule has 0 aromatic heterocycles. The molecule has 1 fully saturated rings. The molecule has 1 heterocycles. The standard InChI is InChI=1S/C22H36ClNO/c1-17(2)10-11-22(13-15-25-21(4,5)16-22)12-14-24-18(3)19-6-8-20(23)9-7-19/h6-9,17-18,24H,10-16H2,1-5H3. The summed E-state index contributed by atoms with van der Waals surface area (Å²) in [6.45, 7) is 13.4. The van der Waals surface area contributed by atoms with Crippen molar-refractivity contribution < 1.29 is 4.74 Å². The van der Waals surface area contributed by atoms with Gasteiger partial charge in [0.25, 0.3) is 0 Å². The molecule has 1 aliphatic heterocycles. The van der Waals surface area contributed by atoms with Gasteiger partial charge in [0.05, 0.1) is 5.60 Å². The maximum atomic E-state index is 6.00. The first-order chi connectivity index (χ1) is 11.7. The Kier molecular flexibility index (Phi) is 7.37. The van der Waals surface area contributed by atoms with Gasteiger partial charge in [0.15, 0.2) is 0 Å². The van der Waals surface area contributed by atoms with E-state index in [-0.39, 0.29) is 5.60 Å². The molecule has 0 amide bonds. The van der Waals surface area contributed by atoms with Crippen molar-refractivity contribution in [2.24, 2.45) is 11.3 Å². The van der Waals surface area contributed by atoms with E-state index in [9.17, 15) is 0 Å². The van der Waals surface area contributed by atoms with Crippen molar-refractivity contribution in [3.63, 3.8) is 0 Å². The van der Waals surface area contributed by atoms with Crippen LogP contribution in [0.15, 0.2) is 24.3 Å². The Labute approximate surface area is 159 Å². The van der Waals surface area contributed by atoms with Gasteiger partial charge in [-0.2, -0.15) is 0 Å². The summed E-state index contributed by atoms with van der Waals surface area (Å²) < 4.78 is 6.00. The number of hydrogen-bond acceptors (Lipinski definition) is 2. The maximum Gasteiger partial charge on any atom is 0.0631 e. The van der Waals surface area contributed by atoms with E-state index >= 15 is 0 Å². The molecule has 2 unspecified atom stereocenters. The Bertz CT molecular complexity index is 525. The van der Waals surface area contributed by atoms with Crippen molar-refractivity contribution in [2.75, 3.05) is 13.2 Å². The number of rotatable bonds is 8. The van der Waals surface area contributed by atoms with Gasteiger partial charge in [-0.05, 0) is 82.0 Å². The summed E-state index contributed by atoms with van der Waals surface area (Å²) in [5.74, 6) is 0.767. The van der Waals surface area contributed by atoms with Crippen LogP contribution in [0.5, 0.6) is 0 Å². The van der Waals surface area contributed by atoms with Crippen LogP contribution in [0.4, 0.5) is 0 Å². The molecule has 2 rings (SSSR count). The summed E-state index contributed by atoms with van der Waals surface area (Å²) in [5, 5.41) is 4.52. The van der Waals surface area contributed by atoms with E-state index in [1.165, 1.54) is 37.7 Å². The third kappa shape index (κ3) is 6.58. The summed E-state index contributed by atoms with van der Waals surface area (Å²) >= 11 is 6.00. The van der Waals surface area contributed by atoms with E-state index in [2.05, 4.69) is 52.1 Å². The van der Waals surface area contributed by atoms with Gasteiger partial charge >= 0.3 is 0 Å². The molecule has 142 valence electrons. The maximum absolute atomic E-state index is 6.00. The van der Waals surface area contributed by atoms with Crippen LogP contribution in [0.1, 0.15) is 78.3 Å². The number of halogens is 1. The molecular weight excluding hydrogens is 330 g/mol. The second-order valence-electron chi connectivity index (χ2n) is 8.94. The fourth-order valence-electron chi connectivity index (χ4n) is 4.16. The van der Waals surface area contributed by atoms with Gasteiger partial charge in [-0.1, -0.05) is 44.0 Å². The minimum absolute atomic E-state index is 0.0109. The molecule has 0 spiro atoms. The van der Waals surface area contributed by atoms with Gasteiger partial charge < -0.3 is 10.1 Å². The van der Waals surface area contributed by atoms with Crippen molar-refractivity contribution in [1.29, 1.82) is 0 Å². The number of hydrogen-bond donors (Lipinski definition) is 1. The van der Waals surface area contributed by atoms with Gasteiger partial charge in [0, 0.05) is 17.7 Å². The van der Waals surface area contributed by atoms with Crippen molar-refractivity contribution >= 4 is 11.6 Å². The molecule has 0 bridgehead atoms. The highest BCUT2D eigenvalue weighted by molar-refractivity contribution is 6.30. The highest BCUT2D eigenvalue weighted by Gasteiger charge is 2.40. The predicted molar refractivity (Wildman–Crippen MR) is 108 cm³/mol. The van der Waals surface area contributed by atoms with Gasteiger partial charge in [0.2, 0.25) is 0 Å². The predicted octanol–water partition coefficient (Wildman–Crippen LogP) is 6.39. The van der Waals surface area contributed by atoms with Crippen LogP contribution in [0, 0.1) is 11.3 Å². The average molecular weight is 366 g/mol. The van der Waals surface area contributed by atoms with E-state index < -0.39 is 0 Å². The molecule has 2 atom stereocenters. The summed E-state index contributed by atoms with van der Waals surface area (Å²) in [4.78, 5) is 0. The van der Waals surface area contributed by atoms with Crippen molar-refractivity contribution in [1.82, 2.24) is 5.32 Å². The Morgan fingerprint density at radius 1 is 1.12 bits per heavy atom. The van der Waals surface area contributed by atoms with Crippen LogP contribution in [-0.4, -0.2) is 18.8 Å². The smallest absolute Gasteiger partial charge is 0.0631 e. The Hall–Kier alpha value is -0.570. The minimum atomic E-state index is 0.0109. The molecule has 0 saturated carbocycles. The molecule has 1 aromatic rings. The topological polar surface area (TPSA) is 21.3 Å². The third-order valence-electron chi connectivity index (χ3n) is 5.65. The molecule has 0 aliphatic carbocycles. The largest absolute Gasteiger partial charge is 0.376 e. The third-order valence-corrected chi connectivity index (χ3v) is 5.91. The molecule has 1 aliphatic rings. The lowest BCUT2D eigenvalue weighted by Crippen LogP contribution is -2.43. The Morgan fingerprint density at radius 3 is 2.40 bits per heavy atom. The summed E-state index contributed by atoms with van der Waals surface area (Å²) in [5.41, 5.74) is 1.73. The first-order valence-corrected chi connectivity index (χ1v) is 10.2. The fraction of sp³-hybridized carbons (Fsp3) is 0.727. The zero-order chi connectivity index (χ0) is 18.5. The van der Waals surface area contributed by atoms with E-state index in [1.807, 2.05) is 12.1 Å². The second-order valence-corrected chi connectivity index (χ2v) is 9.38. The summed E-state index contributed by atoms with van der Waals surface area (Å²) in [6.07, 6.45) is 6.21. The SMILES string of the molecule is CC(C)CCC1(CCNC(C)c2ccc(Cl)cc2)CCOC(C)(C)C1. The summed E-state index contributed by atoms with van der Waals surface area (Å²) in [7, 11) is 0. The van der Waals surface area contributed by atoms with Crippen LogP contribution in [-0.2, 0) is 4.74 Å². The minimum Gasteiger partial charge on any atom is -0.376 e. The number of benzene rings is 1. The highest BCUT2D eigenvalue weighted by Crippen LogP contribution is 2.45. The van der Waals surface area contributed by atoms with Crippen LogP contribution in [0.25, 0.3) is 0 Å². The van der Waals surface area contributed by atoms with Gasteiger partial charge in [-0.25, -0.2) is 0 Å². The molecule has 1 saturated heterocycles. The van der Waals surface area contributed by atoms with Gasteiger partial charge in [-0.15, -0.1) is 0 Å². The lowest BCUT2D eigenvalue weighted by molar-refractivity contribution is -0.110. The monoisotopic (exact) mass is 365 g/mol. The summed E-state index contributed by atoms with van der Waals surface area (Å²) in [6, 6.07) is 8.53. The zero-order valence-electron chi connectivity index (χ0n) is 16.7. The Balaban J connectivity index is 1.93. The molecule has 0 radical (unpaired) electrons. The average Bonchev–Trinajstić information content (AvgIpc) is 2.53. The van der Waals surface area contributed by atoms with Gasteiger partial charge in [0.1, 0.15) is 0 Å². The zero-order valence-corrected chi connectivity index (χ0v) is 17.5. The molecule has 1 N–H and O–H groups in total. The van der Waals surface area contributed by atoms with Crippen LogP contribution >= 0.6 is 11.6 Å². The lowest BCUT2D eigenvalue weighted by Gasteiger charge is -2.46. The quantitative estimate of drug-likeness (QED) is 0.576. The van der Waals surface area contributed by atoms with Crippen molar-refractivity contribution in [3.05, 3.63) is 34.9 Å². The number of nitrogens with one attached hydrogen (secondary N) is 1. The first-order valence-electron chi connectivity index (χ1n) is 9.84. The number of ether oxygens (including phenoxy) is 1. The van der Waals surface area contributed by atoms with E-state index in [0.717, 1.165) is 24.1 Å². The van der Waals surface area contributed by atoms with Crippen LogP contribution in [0.2, 0.25) is 5.02 Å². The van der Waals surface area contributed by atoms with E-state index in [4.69, 9.17) is 16.3 Å². The fourth-order valence-corrected chi connectivity index (χ4v) is 4.28. The van der Waals surface area contributed by atoms with Gasteiger partial charge in [-0.3, -0.25) is 0 Å². The van der Waals surface area contributed by atoms with Crippen molar-refractivity contribution in [2.45, 2.75) is 78.4 Å². The van der Waals surface area contributed by atoms with Crippen molar-refractivity contribution in [3.8, 4) is 0 Å². The molecule has 2 nitrogen and oxygen atoms in total. The molecule has 25 heavy (non-hydrogen) atoms. The molecular formula is C22H36ClNO. The molecule has 1 aromatic carbocycles. The van der Waals surface area contributed by atoms with E-state index in [1.54, 1.807) is 0 Å². The first kappa shape index (κ1) is 20.7.